The first-order chi connectivity index (χ1) is 6.97. The van der Waals surface area contributed by atoms with Crippen LogP contribution in [0.4, 0.5) is 5.69 Å². The van der Waals surface area contributed by atoms with E-state index in [1.165, 1.54) is 6.92 Å². The quantitative estimate of drug-likeness (QED) is 0.685. The summed E-state index contributed by atoms with van der Waals surface area (Å²) in [6, 6.07) is 7.23. The molecule has 4 nitrogen and oxygen atoms in total. The van der Waals surface area contributed by atoms with Crippen molar-refractivity contribution in [1.29, 1.82) is 0 Å². The Morgan fingerprint density at radius 1 is 1.47 bits per heavy atom. The number of benzene rings is 1. The van der Waals surface area contributed by atoms with Crippen LogP contribution in [0.3, 0.4) is 0 Å². The number of aliphatic hydroxyl groups is 2. The molecule has 15 heavy (non-hydrogen) atoms. The largest absolute Gasteiger partial charge is 0.393 e. The molecule has 0 heterocycles. The van der Waals surface area contributed by atoms with Gasteiger partial charge in [0.15, 0.2) is 5.60 Å². The average molecular weight is 209 g/mol. The summed E-state index contributed by atoms with van der Waals surface area (Å²) in [6.07, 6.45) is 0. The predicted octanol–water partition coefficient (Wildman–Crippen LogP) is 0.677. The van der Waals surface area contributed by atoms with E-state index in [1.807, 2.05) is 19.1 Å². The molecule has 0 unspecified atom stereocenters. The van der Waals surface area contributed by atoms with E-state index in [4.69, 9.17) is 5.11 Å². The van der Waals surface area contributed by atoms with Crippen molar-refractivity contribution in [2.24, 2.45) is 0 Å². The molecule has 1 amide bonds. The fraction of sp³-hybridized carbons (Fsp3) is 0.364. The molecule has 0 saturated heterocycles. The molecule has 0 aliphatic heterocycles. The standard InChI is InChI=1S/C11H15NO3/c1-8-5-3-4-6-9(8)12-10(14)11(2,15)7-13/h3-6,13,15H,7H2,1-2H3,(H,12,14)/t11-/m0/s1. The van der Waals surface area contributed by atoms with E-state index < -0.39 is 18.1 Å². The van der Waals surface area contributed by atoms with Crippen LogP contribution >= 0.6 is 0 Å². The Morgan fingerprint density at radius 3 is 2.60 bits per heavy atom. The van der Waals surface area contributed by atoms with Crippen molar-refractivity contribution in [3.63, 3.8) is 0 Å². The SMILES string of the molecule is Cc1ccccc1NC(=O)[C@@](C)(O)CO. The lowest BCUT2D eigenvalue weighted by Gasteiger charge is -2.20. The number of para-hydroxylation sites is 1. The summed E-state index contributed by atoms with van der Waals surface area (Å²) >= 11 is 0. The molecule has 1 aromatic carbocycles. The lowest BCUT2D eigenvalue weighted by molar-refractivity contribution is -0.135. The second kappa shape index (κ2) is 4.42. The van der Waals surface area contributed by atoms with Crippen molar-refractivity contribution >= 4 is 11.6 Å². The van der Waals surface area contributed by atoms with Gasteiger partial charge in [-0.3, -0.25) is 4.79 Å². The van der Waals surface area contributed by atoms with Gasteiger partial charge in [0.05, 0.1) is 6.61 Å². The number of nitrogens with one attached hydrogen (secondary N) is 1. The summed E-state index contributed by atoms with van der Waals surface area (Å²) in [6.45, 7) is 2.51. The van der Waals surface area contributed by atoms with Gasteiger partial charge in [-0.25, -0.2) is 0 Å². The maximum atomic E-state index is 11.5. The topological polar surface area (TPSA) is 69.6 Å². The summed E-state index contributed by atoms with van der Waals surface area (Å²) < 4.78 is 0. The van der Waals surface area contributed by atoms with Crippen molar-refractivity contribution in [3.05, 3.63) is 29.8 Å². The van der Waals surface area contributed by atoms with Crippen LogP contribution in [0.15, 0.2) is 24.3 Å². The summed E-state index contributed by atoms with van der Waals surface area (Å²) in [5.74, 6) is -0.612. The molecule has 0 bridgehead atoms. The Labute approximate surface area is 88.6 Å². The molecule has 0 radical (unpaired) electrons. The number of aliphatic hydroxyl groups excluding tert-OH is 1. The minimum absolute atomic E-state index is 0.606. The average Bonchev–Trinajstić information content (AvgIpc) is 2.21. The number of hydrogen-bond donors (Lipinski definition) is 3. The first-order valence-corrected chi connectivity index (χ1v) is 4.67. The molecule has 1 atom stereocenters. The van der Waals surface area contributed by atoms with Crippen LogP contribution in [-0.4, -0.2) is 28.3 Å². The van der Waals surface area contributed by atoms with Gasteiger partial charge >= 0.3 is 0 Å². The lowest BCUT2D eigenvalue weighted by atomic mass is 10.1. The minimum Gasteiger partial charge on any atom is -0.393 e. The highest BCUT2D eigenvalue weighted by Crippen LogP contribution is 2.15. The number of aryl methyl sites for hydroxylation is 1. The third kappa shape index (κ3) is 2.78. The maximum Gasteiger partial charge on any atom is 0.258 e. The number of amides is 1. The molecule has 4 heteroatoms. The first-order valence-electron chi connectivity index (χ1n) is 4.67. The van der Waals surface area contributed by atoms with Crippen LogP contribution in [0.2, 0.25) is 0 Å². The molecular weight excluding hydrogens is 194 g/mol. The zero-order valence-corrected chi connectivity index (χ0v) is 8.82. The van der Waals surface area contributed by atoms with Crippen LogP contribution < -0.4 is 5.32 Å². The molecular formula is C11H15NO3. The summed E-state index contributed by atoms with van der Waals surface area (Å²) in [4.78, 5) is 11.5. The van der Waals surface area contributed by atoms with Gasteiger partial charge in [0, 0.05) is 5.69 Å². The highest BCUT2D eigenvalue weighted by Gasteiger charge is 2.29. The molecule has 0 fully saturated rings. The van der Waals surface area contributed by atoms with E-state index in [9.17, 15) is 9.90 Å². The smallest absolute Gasteiger partial charge is 0.258 e. The normalized spacial score (nSPS) is 14.4. The summed E-state index contributed by atoms with van der Waals surface area (Å²) in [5, 5.41) is 20.8. The molecule has 0 aliphatic rings. The Bertz CT molecular complexity index is 361. The second-order valence-electron chi connectivity index (χ2n) is 3.70. The summed E-state index contributed by atoms with van der Waals surface area (Å²) in [7, 11) is 0. The van der Waals surface area contributed by atoms with Crippen molar-refractivity contribution in [1.82, 2.24) is 0 Å². The Kier molecular flexibility index (Phi) is 3.44. The summed E-state index contributed by atoms with van der Waals surface area (Å²) in [5.41, 5.74) is -0.210. The van der Waals surface area contributed by atoms with E-state index >= 15 is 0 Å². The van der Waals surface area contributed by atoms with E-state index in [0.29, 0.717) is 5.69 Å². The van der Waals surface area contributed by atoms with Crippen LogP contribution in [0, 0.1) is 6.92 Å². The second-order valence-corrected chi connectivity index (χ2v) is 3.70. The van der Waals surface area contributed by atoms with E-state index in [2.05, 4.69) is 5.32 Å². The van der Waals surface area contributed by atoms with E-state index in [0.717, 1.165) is 5.56 Å². The van der Waals surface area contributed by atoms with Crippen molar-refractivity contribution in [3.8, 4) is 0 Å². The molecule has 0 saturated carbocycles. The fourth-order valence-corrected chi connectivity index (χ4v) is 1.04. The van der Waals surface area contributed by atoms with Crippen LogP contribution in [-0.2, 0) is 4.79 Å². The molecule has 1 rings (SSSR count). The molecule has 3 N–H and O–H groups in total. The molecule has 0 aliphatic carbocycles. The zero-order valence-electron chi connectivity index (χ0n) is 8.82. The Balaban J connectivity index is 2.80. The number of hydrogen-bond acceptors (Lipinski definition) is 3. The van der Waals surface area contributed by atoms with Gasteiger partial charge < -0.3 is 15.5 Å². The lowest BCUT2D eigenvalue weighted by Crippen LogP contribution is -2.43. The van der Waals surface area contributed by atoms with Gasteiger partial charge in [-0.15, -0.1) is 0 Å². The van der Waals surface area contributed by atoms with Crippen molar-refractivity contribution in [2.75, 3.05) is 11.9 Å². The molecule has 0 aromatic heterocycles. The minimum atomic E-state index is -1.75. The Hall–Kier alpha value is -1.39. The third-order valence-corrected chi connectivity index (χ3v) is 2.19. The van der Waals surface area contributed by atoms with Gasteiger partial charge in [-0.1, -0.05) is 18.2 Å². The zero-order chi connectivity index (χ0) is 11.5. The number of carbonyl (C=O) groups is 1. The number of carbonyl (C=O) groups excluding carboxylic acids is 1. The maximum absolute atomic E-state index is 11.5. The Morgan fingerprint density at radius 2 is 2.07 bits per heavy atom. The van der Waals surface area contributed by atoms with Gasteiger partial charge in [0.2, 0.25) is 0 Å². The number of rotatable bonds is 3. The predicted molar refractivity (Wildman–Crippen MR) is 57.5 cm³/mol. The highest BCUT2D eigenvalue weighted by atomic mass is 16.3. The van der Waals surface area contributed by atoms with Crippen LogP contribution in [0.5, 0.6) is 0 Å². The molecule has 0 spiro atoms. The van der Waals surface area contributed by atoms with Gasteiger partial charge in [-0.2, -0.15) is 0 Å². The molecule has 82 valence electrons. The number of anilines is 1. The van der Waals surface area contributed by atoms with Crippen LogP contribution in [0.1, 0.15) is 12.5 Å². The van der Waals surface area contributed by atoms with E-state index in [-0.39, 0.29) is 0 Å². The van der Waals surface area contributed by atoms with Gasteiger partial charge in [0.25, 0.3) is 5.91 Å². The van der Waals surface area contributed by atoms with Gasteiger partial charge in [-0.05, 0) is 25.5 Å². The van der Waals surface area contributed by atoms with E-state index in [1.54, 1.807) is 12.1 Å². The molecule has 1 aromatic rings. The fourth-order valence-electron chi connectivity index (χ4n) is 1.04. The highest BCUT2D eigenvalue weighted by molar-refractivity contribution is 5.97. The third-order valence-electron chi connectivity index (χ3n) is 2.19. The monoisotopic (exact) mass is 209 g/mol. The first kappa shape index (κ1) is 11.7. The van der Waals surface area contributed by atoms with Gasteiger partial charge in [0.1, 0.15) is 0 Å². The van der Waals surface area contributed by atoms with Crippen LogP contribution in [0.25, 0.3) is 0 Å². The van der Waals surface area contributed by atoms with Crippen molar-refractivity contribution in [2.45, 2.75) is 19.4 Å². The van der Waals surface area contributed by atoms with Crippen molar-refractivity contribution < 1.29 is 15.0 Å².